The zero-order valence-electron chi connectivity index (χ0n) is 12.1. The average molecular weight is 272 g/mol. The van der Waals surface area contributed by atoms with Gasteiger partial charge in [-0.3, -0.25) is 4.98 Å². The van der Waals surface area contributed by atoms with Crippen LogP contribution in [0.5, 0.6) is 11.5 Å². The van der Waals surface area contributed by atoms with E-state index in [0.717, 1.165) is 17.0 Å². The Morgan fingerprint density at radius 2 is 1.80 bits per heavy atom. The van der Waals surface area contributed by atoms with Crippen molar-refractivity contribution in [1.82, 2.24) is 4.98 Å². The Bertz CT molecular complexity index is 565. The smallest absolute Gasteiger partial charge is 0.142 e. The van der Waals surface area contributed by atoms with Gasteiger partial charge in [-0.05, 0) is 43.2 Å². The first-order valence-corrected chi connectivity index (χ1v) is 6.48. The minimum absolute atomic E-state index is 0.596. The van der Waals surface area contributed by atoms with E-state index in [0.29, 0.717) is 12.2 Å². The third-order valence-electron chi connectivity index (χ3n) is 3.26. The minimum atomic E-state index is -0.596. The van der Waals surface area contributed by atoms with E-state index in [-0.39, 0.29) is 0 Å². The molecule has 4 heteroatoms. The van der Waals surface area contributed by atoms with Crippen molar-refractivity contribution < 1.29 is 9.47 Å². The first-order chi connectivity index (χ1) is 9.56. The summed E-state index contributed by atoms with van der Waals surface area (Å²) in [4.78, 5) is 4.38. The summed E-state index contributed by atoms with van der Waals surface area (Å²) in [5, 5.41) is 0. The van der Waals surface area contributed by atoms with Crippen molar-refractivity contribution >= 4 is 0 Å². The fraction of sp³-hybridized carbons (Fsp3) is 0.312. The largest absolute Gasteiger partial charge is 0.497 e. The molecule has 4 nitrogen and oxygen atoms in total. The van der Waals surface area contributed by atoms with Gasteiger partial charge >= 0.3 is 0 Å². The van der Waals surface area contributed by atoms with Crippen molar-refractivity contribution in [1.29, 1.82) is 0 Å². The summed E-state index contributed by atoms with van der Waals surface area (Å²) < 4.78 is 10.5. The number of benzene rings is 1. The van der Waals surface area contributed by atoms with Gasteiger partial charge in [0.05, 0.1) is 19.8 Å². The Hall–Kier alpha value is -2.07. The molecule has 1 unspecified atom stereocenters. The van der Waals surface area contributed by atoms with Crippen molar-refractivity contribution in [2.75, 3.05) is 14.2 Å². The molecule has 0 aliphatic carbocycles. The second-order valence-corrected chi connectivity index (χ2v) is 5.00. The molecule has 0 aliphatic heterocycles. The van der Waals surface area contributed by atoms with E-state index in [1.54, 1.807) is 20.4 Å². The second-order valence-electron chi connectivity index (χ2n) is 5.00. The molecule has 2 aromatic rings. The van der Waals surface area contributed by atoms with Crippen LogP contribution in [-0.2, 0) is 12.0 Å². The van der Waals surface area contributed by atoms with Crippen LogP contribution in [0, 0.1) is 0 Å². The molecular weight excluding hydrogens is 252 g/mol. The number of hydrogen-bond acceptors (Lipinski definition) is 4. The molecule has 106 valence electrons. The van der Waals surface area contributed by atoms with Gasteiger partial charge in [0, 0.05) is 6.20 Å². The maximum Gasteiger partial charge on any atom is 0.142 e. The van der Waals surface area contributed by atoms with E-state index >= 15 is 0 Å². The van der Waals surface area contributed by atoms with Gasteiger partial charge in [-0.15, -0.1) is 0 Å². The number of nitrogens with zero attached hydrogens (tertiary/aromatic N) is 1. The number of methoxy groups -OCH3 is 2. The monoisotopic (exact) mass is 272 g/mol. The second kappa shape index (κ2) is 5.92. The van der Waals surface area contributed by atoms with Crippen molar-refractivity contribution in [3.05, 3.63) is 53.9 Å². The molecule has 0 bridgehead atoms. The standard InChI is InChI=1S/C16H20N2O2/c1-16(17,15-14(20-3)5-4-10-18-15)11-12-6-8-13(19-2)9-7-12/h4-10H,11,17H2,1-3H3. The zero-order chi connectivity index (χ0) is 14.6. The van der Waals surface area contributed by atoms with Crippen LogP contribution in [0.4, 0.5) is 0 Å². The van der Waals surface area contributed by atoms with E-state index in [1.807, 2.05) is 43.3 Å². The highest BCUT2D eigenvalue weighted by molar-refractivity contribution is 5.35. The third kappa shape index (κ3) is 3.08. The third-order valence-corrected chi connectivity index (χ3v) is 3.26. The van der Waals surface area contributed by atoms with Crippen LogP contribution in [0.1, 0.15) is 18.2 Å². The minimum Gasteiger partial charge on any atom is -0.497 e. The topological polar surface area (TPSA) is 57.4 Å². The zero-order valence-corrected chi connectivity index (χ0v) is 12.1. The molecule has 1 aromatic heterocycles. The molecule has 1 aromatic carbocycles. The van der Waals surface area contributed by atoms with Crippen LogP contribution in [0.25, 0.3) is 0 Å². The summed E-state index contributed by atoms with van der Waals surface area (Å²) in [5.74, 6) is 1.55. The van der Waals surface area contributed by atoms with Gasteiger partial charge in [-0.25, -0.2) is 0 Å². The van der Waals surface area contributed by atoms with Crippen LogP contribution in [-0.4, -0.2) is 19.2 Å². The molecule has 2 rings (SSSR count). The first kappa shape index (κ1) is 14.3. The Kier molecular flexibility index (Phi) is 4.25. The lowest BCUT2D eigenvalue weighted by Gasteiger charge is -2.26. The van der Waals surface area contributed by atoms with Crippen LogP contribution >= 0.6 is 0 Å². The Balaban J connectivity index is 2.25. The van der Waals surface area contributed by atoms with Gasteiger partial charge in [-0.1, -0.05) is 12.1 Å². The number of rotatable bonds is 5. The Labute approximate surface area is 119 Å². The molecule has 1 atom stereocenters. The predicted octanol–water partition coefficient (Wildman–Crippen LogP) is 2.52. The van der Waals surface area contributed by atoms with Crippen molar-refractivity contribution in [2.24, 2.45) is 5.73 Å². The molecule has 0 saturated carbocycles. The normalized spacial score (nSPS) is 13.6. The predicted molar refractivity (Wildman–Crippen MR) is 79.0 cm³/mol. The first-order valence-electron chi connectivity index (χ1n) is 6.48. The number of pyridine rings is 1. The summed E-state index contributed by atoms with van der Waals surface area (Å²) in [6.07, 6.45) is 2.40. The van der Waals surface area contributed by atoms with E-state index in [4.69, 9.17) is 15.2 Å². The average Bonchev–Trinajstić information content (AvgIpc) is 2.47. The van der Waals surface area contributed by atoms with E-state index in [1.165, 1.54) is 0 Å². The molecule has 0 fully saturated rings. The summed E-state index contributed by atoms with van der Waals surface area (Å²) in [6.45, 7) is 1.96. The lowest BCUT2D eigenvalue weighted by Crippen LogP contribution is -2.36. The van der Waals surface area contributed by atoms with Gasteiger partial charge < -0.3 is 15.2 Å². The summed E-state index contributed by atoms with van der Waals surface area (Å²) >= 11 is 0. The molecule has 2 N–H and O–H groups in total. The lowest BCUT2D eigenvalue weighted by molar-refractivity contribution is 0.378. The van der Waals surface area contributed by atoms with Gasteiger partial charge in [-0.2, -0.15) is 0 Å². The molecule has 0 spiro atoms. The maximum absolute atomic E-state index is 6.44. The van der Waals surface area contributed by atoms with E-state index in [9.17, 15) is 0 Å². The lowest BCUT2D eigenvalue weighted by atomic mass is 9.89. The quantitative estimate of drug-likeness (QED) is 0.908. The molecule has 0 radical (unpaired) electrons. The summed E-state index contributed by atoms with van der Waals surface area (Å²) in [6, 6.07) is 11.6. The number of ether oxygens (including phenoxy) is 2. The molecule has 20 heavy (non-hydrogen) atoms. The van der Waals surface area contributed by atoms with E-state index in [2.05, 4.69) is 4.98 Å². The summed E-state index contributed by atoms with van der Waals surface area (Å²) in [5.41, 5.74) is 7.74. The fourth-order valence-corrected chi connectivity index (χ4v) is 2.24. The molecule has 0 saturated heterocycles. The molecule has 1 heterocycles. The molecule has 0 amide bonds. The summed E-state index contributed by atoms with van der Waals surface area (Å²) in [7, 11) is 3.28. The highest BCUT2D eigenvalue weighted by Crippen LogP contribution is 2.29. The Morgan fingerprint density at radius 1 is 1.10 bits per heavy atom. The number of aromatic nitrogens is 1. The highest BCUT2D eigenvalue weighted by Gasteiger charge is 2.26. The highest BCUT2D eigenvalue weighted by atomic mass is 16.5. The SMILES string of the molecule is COc1ccc(CC(C)(N)c2ncccc2OC)cc1. The van der Waals surface area contributed by atoms with Crippen LogP contribution in [0.15, 0.2) is 42.6 Å². The van der Waals surface area contributed by atoms with Gasteiger partial charge in [0.2, 0.25) is 0 Å². The van der Waals surface area contributed by atoms with Gasteiger partial charge in [0.1, 0.15) is 17.2 Å². The van der Waals surface area contributed by atoms with Crippen molar-refractivity contribution in [2.45, 2.75) is 18.9 Å². The fourth-order valence-electron chi connectivity index (χ4n) is 2.24. The van der Waals surface area contributed by atoms with Gasteiger partial charge in [0.25, 0.3) is 0 Å². The van der Waals surface area contributed by atoms with Crippen LogP contribution in [0.2, 0.25) is 0 Å². The number of nitrogens with two attached hydrogens (primary N) is 1. The van der Waals surface area contributed by atoms with E-state index < -0.39 is 5.54 Å². The van der Waals surface area contributed by atoms with Crippen molar-refractivity contribution in [3.8, 4) is 11.5 Å². The van der Waals surface area contributed by atoms with Crippen LogP contribution < -0.4 is 15.2 Å². The number of hydrogen-bond donors (Lipinski definition) is 1. The van der Waals surface area contributed by atoms with Gasteiger partial charge in [0.15, 0.2) is 0 Å². The Morgan fingerprint density at radius 3 is 2.40 bits per heavy atom. The molecular formula is C16H20N2O2. The maximum atomic E-state index is 6.44. The van der Waals surface area contributed by atoms with Crippen LogP contribution in [0.3, 0.4) is 0 Å². The molecule has 0 aliphatic rings. The van der Waals surface area contributed by atoms with Crippen molar-refractivity contribution in [3.63, 3.8) is 0 Å².